The predicted molar refractivity (Wildman–Crippen MR) is 84.7 cm³/mol. The van der Waals surface area contributed by atoms with E-state index in [0.717, 1.165) is 12.0 Å². The van der Waals surface area contributed by atoms with Crippen LogP contribution in [0.2, 0.25) is 0 Å². The summed E-state index contributed by atoms with van der Waals surface area (Å²) in [6.07, 6.45) is 2.57. The van der Waals surface area contributed by atoms with Crippen molar-refractivity contribution < 1.29 is 9.53 Å². The fraction of sp³-hybridized carbons (Fsp3) is 0.333. The number of hydrogen-bond donors (Lipinski definition) is 0. The molecule has 1 fully saturated rings. The molecule has 1 unspecified atom stereocenters. The maximum absolute atomic E-state index is 12.6. The molecule has 0 radical (unpaired) electrons. The Morgan fingerprint density at radius 2 is 1.95 bits per heavy atom. The Morgan fingerprint density at radius 3 is 2.59 bits per heavy atom. The molecular formula is C18H20N2O2. The average molecular weight is 296 g/mol. The third-order valence-corrected chi connectivity index (χ3v) is 3.99. The van der Waals surface area contributed by atoms with Crippen molar-refractivity contribution in [1.29, 1.82) is 0 Å². The largest absolute Gasteiger partial charge is 0.471 e. The van der Waals surface area contributed by atoms with Crippen LogP contribution in [0, 0.1) is 0 Å². The number of likely N-dealkylation sites (tertiary alicyclic amines) is 1. The van der Waals surface area contributed by atoms with Crippen LogP contribution in [0.4, 0.5) is 0 Å². The van der Waals surface area contributed by atoms with Gasteiger partial charge in [0, 0.05) is 12.3 Å². The van der Waals surface area contributed by atoms with Crippen LogP contribution >= 0.6 is 0 Å². The summed E-state index contributed by atoms with van der Waals surface area (Å²) in [7, 11) is 0. The van der Waals surface area contributed by atoms with E-state index in [2.05, 4.69) is 11.9 Å². The Kier molecular flexibility index (Phi) is 4.37. The molecule has 1 saturated heterocycles. The van der Waals surface area contributed by atoms with Crippen molar-refractivity contribution in [3.8, 4) is 5.88 Å². The topological polar surface area (TPSA) is 42.4 Å². The van der Waals surface area contributed by atoms with E-state index in [-0.39, 0.29) is 17.9 Å². The van der Waals surface area contributed by atoms with E-state index in [9.17, 15) is 4.79 Å². The monoisotopic (exact) mass is 296 g/mol. The summed E-state index contributed by atoms with van der Waals surface area (Å²) in [6, 6.07) is 15.6. The van der Waals surface area contributed by atoms with E-state index < -0.39 is 0 Å². The van der Waals surface area contributed by atoms with Gasteiger partial charge in [0.15, 0.2) is 0 Å². The number of ether oxygens (including phenoxy) is 1. The number of hydrogen-bond acceptors (Lipinski definition) is 3. The van der Waals surface area contributed by atoms with Gasteiger partial charge in [-0.25, -0.2) is 4.98 Å². The molecule has 0 aliphatic carbocycles. The van der Waals surface area contributed by atoms with Crippen LogP contribution in [0.3, 0.4) is 0 Å². The fourth-order valence-electron chi connectivity index (χ4n) is 2.74. The smallest absolute Gasteiger partial charge is 0.230 e. The molecule has 1 aliphatic rings. The van der Waals surface area contributed by atoms with Gasteiger partial charge in [-0.05, 0) is 18.1 Å². The van der Waals surface area contributed by atoms with Crippen LogP contribution in [0.1, 0.15) is 24.8 Å². The SMILES string of the molecule is CCC(C(=O)N1CC(Oc2ccccn2)C1)c1ccccc1. The van der Waals surface area contributed by atoms with E-state index in [1.807, 2.05) is 53.4 Å². The molecule has 0 spiro atoms. The lowest BCUT2D eigenvalue weighted by molar-refractivity contribution is -0.141. The molecule has 1 aromatic heterocycles. The van der Waals surface area contributed by atoms with Crippen LogP contribution in [0.5, 0.6) is 5.88 Å². The molecule has 114 valence electrons. The number of rotatable bonds is 5. The second-order valence-corrected chi connectivity index (χ2v) is 5.52. The summed E-state index contributed by atoms with van der Waals surface area (Å²) < 4.78 is 5.74. The van der Waals surface area contributed by atoms with E-state index >= 15 is 0 Å². The van der Waals surface area contributed by atoms with Crippen molar-refractivity contribution in [1.82, 2.24) is 9.88 Å². The average Bonchev–Trinajstić information content (AvgIpc) is 2.53. The number of aromatic nitrogens is 1. The summed E-state index contributed by atoms with van der Waals surface area (Å²) in [5.74, 6) is 0.751. The van der Waals surface area contributed by atoms with Crippen molar-refractivity contribution in [3.63, 3.8) is 0 Å². The molecule has 1 atom stereocenters. The normalized spacial score (nSPS) is 16.0. The minimum absolute atomic E-state index is 0.0483. The highest BCUT2D eigenvalue weighted by atomic mass is 16.5. The first-order valence-electron chi connectivity index (χ1n) is 7.69. The summed E-state index contributed by atoms with van der Waals surface area (Å²) in [4.78, 5) is 18.6. The van der Waals surface area contributed by atoms with Crippen molar-refractivity contribution in [2.45, 2.75) is 25.4 Å². The van der Waals surface area contributed by atoms with E-state index in [4.69, 9.17) is 4.74 Å². The molecule has 0 bridgehead atoms. The summed E-state index contributed by atoms with van der Waals surface area (Å²) in [5.41, 5.74) is 1.09. The predicted octanol–water partition coefficient (Wildman–Crippen LogP) is 2.87. The Bertz CT molecular complexity index is 609. The minimum atomic E-state index is -0.0583. The number of amides is 1. The molecule has 0 N–H and O–H groups in total. The quantitative estimate of drug-likeness (QED) is 0.852. The van der Waals surface area contributed by atoms with Crippen molar-refractivity contribution in [2.75, 3.05) is 13.1 Å². The Morgan fingerprint density at radius 1 is 1.23 bits per heavy atom. The Labute approximate surface area is 130 Å². The number of benzene rings is 1. The Balaban J connectivity index is 1.56. The van der Waals surface area contributed by atoms with Gasteiger partial charge in [-0.2, -0.15) is 0 Å². The number of carbonyl (C=O) groups excluding carboxylic acids is 1. The standard InChI is InChI=1S/C18H20N2O2/c1-2-16(14-8-4-3-5-9-14)18(21)20-12-15(13-20)22-17-10-6-7-11-19-17/h3-11,15-16H,2,12-13H2,1H3. The van der Waals surface area contributed by atoms with Gasteiger partial charge in [0.05, 0.1) is 19.0 Å². The maximum atomic E-state index is 12.6. The van der Waals surface area contributed by atoms with Gasteiger partial charge in [-0.1, -0.05) is 43.3 Å². The number of nitrogens with zero attached hydrogens (tertiary/aromatic N) is 2. The summed E-state index contributed by atoms with van der Waals surface area (Å²) in [6.45, 7) is 3.33. The van der Waals surface area contributed by atoms with Crippen molar-refractivity contribution in [3.05, 3.63) is 60.3 Å². The zero-order chi connectivity index (χ0) is 15.4. The van der Waals surface area contributed by atoms with Gasteiger partial charge in [-0.3, -0.25) is 4.79 Å². The molecule has 3 rings (SSSR count). The van der Waals surface area contributed by atoms with Gasteiger partial charge in [0.1, 0.15) is 6.10 Å². The van der Waals surface area contributed by atoms with Crippen LogP contribution < -0.4 is 4.74 Å². The van der Waals surface area contributed by atoms with Crippen LogP contribution in [-0.4, -0.2) is 35.0 Å². The molecule has 0 saturated carbocycles. The first kappa shape index (κ1) is 14.6. The van der Waals surface area contributed by atoms with Gasteiger partial charge < -0.3 is 9.64 Å². The minimum Gasteiger partial charge on any atom is -0.471 e. The van der Waals surface area contributed by atoms with E-state index in [1.165, 1.54) is 0 Å². The van der Waals surface area contributed by atoms with E-state index in [1.54, 1.807) is 6.20 Å². The number of carbonyl (C=O) groups is 1. The van der Waals surface area contributed by atoms with Crippen LogP contribution in [-0.2, 0) is 4.79 Å². The molecule has 4 heteroatoms. The molecule has 1 amide bonds. The van der Waals surface area contributed by atoms with E-state index in [0.29, 0.717) is 19.0 Å². The van der Waals surface area contributed by atoms with Gasteiger partial charge >= 0.3 is 0 Å². The summed E-state index contributed by atoms with van der Waals surface area (Å²) in [5, 5.41) is 0. The second-order valence-electron chi connectivity index (χ2n) is 5.52. The molecule has 2 heterocycles. The molecular weight excluding hydrogens is 276 g/mol. The van der Waals surface area contributed by atoms with Crippen LogP contribution in [0.25, 0.3) is 0 Å². The maximum Gasteiger partial charge on any atom is 0.230 e. The molecule has 1 aliphatic heterocycles. The molecule has 4 nitrogen and oxygen atoms in total. The number of pyridine rings is 1. The fourth-order valence-corrected chi connectivity index (χ4v) is 2.74. The third-order valence-electron chi connectivity index (χ3n) is 3.99. The first-order valence-corrected chi connectivity index (χ1v) is 7.69. The van der Waals surface area contributed by atoms with Crippen molar-refractivity contribution >= 4 is 5.91 Å². The van der Waals surface area contributed by atoms with Crippen molar-refractivity contribution in [2.24, 2.45) is 0 Å². The highest BCUT2D eigenvalue weighted by molar-refractivity contribution is 5.84. The van der Waals surface area contributed by atoms with Gasteiger partial charge in [0.2, 0.25) is 11.8 Å². The third kappa shape index (κ3) is 3.11. The molecule has 1 aromatic carbocycles. The van der Waals surface area contributed by atoms with Gasteiger partial charge in [0.25, 0.3) is 0 Å². The zero-order valence-corrected chi connectivity index (χ0v) is 12.7. The second kappa shape index (κ2) is 6.60. The highest BCUT2D eigenvalue weighted by Crippen LogP contribution is 2.25. The summed E-state index contributed by atoms with van der Waals surface area (Å²) >= 11 is 0. The lowest BCUT2D eigenvalue weighted by atomic mass is 9.93. The molecule has 22 heavy (non-hydrogen) atoms. The lowest BCUT2D eigenvalue weighted by Crippen LogP contribution is -2.57. The van der Waals surface area contributed by atoms with Gasteiger partial charge in [-0.15, -0.1) is 0 Å². The first-order chi connectivity index (χ1) is 10.8. The lowest BCUT2D eigenvalue weighted by Gasteiger charge is -2.40. The van der Waals surface area contributed by atoms with Crippen LogP contribution in [0.15, 0.2) is 54.7 Å². The zero-order valence-electron chi connectivity index (χ0n) is 12.7. The Hall–Kier alpha value is -2.36. The molecule has 2 aromatic rings. The highest BCUT2D eigenvalue weighted by Gasteiger charge is 2.35.